The summed E-state index contributed by atoms with van der Waals surface area (Å²) in [4.78, 5) is 10.5. The summed E-state index contributed by atoms with van der Waals surface area (Å²) in [5.41, 5.74) is 3.49. The first kappa shape index (κ1) is 12.1. The van der Waals surface area contributed by atoms with Crippen LogP contribution in [0.2, 0.25) is 5.02 Å². The Balaban J connectivity index is 2.19. The molecule has 0 aromatic heterocycles. The zero-order valence-electron chi connectivity index (χ0n) is 9.36. The van der Waals surface area contributed by atoms with Crippen molar-refractivity contribution >= 4 is 23.0 Å². The summed E-state index contributed by atoms with van der Waals surface area (Å²) in [6.45, 7) is 1.81. The maximum atomic E-state index is 10.9. The molecule has 1 aromatic carbocycles. The van der Waals surface area contributed by atoms with Crippen LogP contribution >= 0.6 is 11.6 Å². The summed E-state index contributed by atoms with van der Waals surface area (Å²) in [6.07, 6.45) is 3.44. The van der Waals surface area contributed by atoms with Crippen molar-refractivity contribution in [3.8, 4) is 0 Å². The van der Waals surface area contributed by atoms with Gasteiger partial charge < -0.3 is 5.43 Å². The van der Waals surface area contributed by atoms with Crippen LogP contribution in [0.25, 0.3) is 0 Å². The first-order valence-corrected chi connectivity index (χ1v) is 6.01. The highest BCUT2D eigenvalue weighted by Gasteiger charge is 2.20. The fourth-order valence-corrected chi connectivity index (χ4v) is 2.21. The first-order chi connectivity index (χ1) is 8.18. The number of nitrogens with one attached hydrogen (secondary N) is 1. The third kappa shape index (κ3) is 2.87. The highest BCUT2D eigenvalue weighted by atomic mass is 35.5. The third-order valence-electron chi connectivity index (χ3n) is 2.80. The van der Waals surface area contributed by atoms with Crippen LogP contribution in [0.4, 0.5) is 11.4 Å². The number of piperidine rings is 1. The molecule has 92 valence electrons. The number of para-hydroxylation sites is 1. The van der Waals surface area contributed by atoms with E-state index in [1.165, 1.54) is 12.5 Å². The van der Waals surface area contributed by atoms with E-state index in [0.29, 0.717) is 5.69 Å². The van der Waals surface area contributed by atoms with Crippen LogP contribution in [0.15, 0.2) is 18.2 Å². The van der Waals surface area contributed by atoms with Crippen LogP contribution in [0.3, 0.4) is 0 Å². The molecule has 1 aliphatic rings. The first-order valence-electron chi connectivity index (χ1n) is 5.63. The van der Waals surface area contributed by atoms with Crippen LogP contribution in [-0.2, 0) is 0 Å². The molecule has 1 saturated heterocycles. The molecule has 0 saturated carbocycles. The minimum atomic E-state index is -0.450. The molecule has 2 rings (SSSR count). The smallest absolute Gasteiger partial charge is 0.312 e. The Hall–Kier alpha value is -1.33. The van der Waals surface area contributed by atoms with Gasteiger partial charge in [0.15, 0.2) is 0 Å². The molecule has 5 nitrogen and oxygen atoms in total. The van der Waals surface area contributed by atoms with Gasteiger partial charge in [0.1, 0.15) is 10.7 Å². The number of anilines is 1. The van der Waals surface area contributed by atoms with Crippen molar-refractivity contribution in [2.24, 2.45) is 0 Å². The summed E-state index contributed by atoms with van der Waals surface area (Å²) in [7, 11) is 0. The summed E-state index contributed by atoms with van der Waals surface area (Å²) in [5, 5.41) is 13.1. The predicted octanol–water partition coefficient (Wildman–Crippen LogP) is 3.06. The lowest BCUT2D eigenvalue weighted by molar-refractivity contribution is -0.383. The number of nitro benzene ring substituents is 1. The number of nitrogens with zero attached hydrogens (tertiary/aromatic N) is 2. The van der Waals surface area contributed by atoms with Gasteiger partial charge in [0.25, 0.3) is 0 Å². The van der Waals surface area contributed by atoms with Gasteiger partial charge in [0.05, 0.1) is 4.92 Å². The molecule has 1 fully saturated rings. The van der Waals surface area contributed by atoms with Crippen molar-refractivity contribution in [1.29, 1.82) is 0 Å². The van der Waals surface area contributed by atoms with Gasteiger partial charge in [-0.05, 0) is 25.0 Å². The number of rotatable bonds is 3. The average molecular weight is 256 g/mol. The Kier molecular flexibility index (Phi) is 3.81. The maximum Gasteiger partial charge on any atom is 0.312 e. The molecule has 0 atom stereocenters. The second-order valence-corrected chi connectivity index (χ2v) is 4.46. The van der Waals surface area contributed by atoms with E-state index < -0.39 is 4.92 Å². The predicted molar refractivity (Wildman–Crippen MR) is 67.2 cm³/mol. The molecule has 0 spiro atoms. The minimum Gasteiger partial charge on any atom is -0.313 e. The van der Waals surface area contributed by atoms with Crippen molar-refractivity contribution in [3.63, 3.8) is 0 Å². The lowest BCUT2D eigenvalue weighted by atomic mass is 10.2. The van der Waals surface area contributed by atoms with Crippen LogP contribution in [0.1, 0.15) is 19.3 Å². The lowest BCUT2D eigenvalue weighted by Crippen LogP contribution is -2.35. The van der Waals surface area contributed by atoms with Crippen molar-refractivity contribution in [3.05, 3.63) is 33.3 Å². The molecule has 1 aliphatic heterocycles. The normalized spacial score (nSPS) is 16.8. The van der Waals surface area contributed by atoms with E-state index in [0.717, 1.165) is 25.9 Å². The summed E-state index contributed by atoms with van der Waals surface area (Å²) in [6, 6.07) is 4.92. The van der Waals surface area contributed by atoms with Gasteiger partial charge in [0, 0.05) is 13.1 Å². The lowest BCUT2D eigenvalue weighted by Gasteiger charge is -2.27. The number of hydrogen-bond acceptors (Lipinski definition) is 4. The minimum absolute atomic E-state index is 0.0558. The molecule has 0 bridgehead atoms. The van der Waals surface area contributed by atoms with Gasteiger partial charge >= 0.3 is 5.69 Å². The summed E-state index contributed by atoms with van der Waals surface area (Å²) < 4.78 is 0. The fourth-order valence-electron chi connectivity index (χ4n) is 1.97. The monoisotopic (exact) mass is 255 g/mol. The number of halogens is 1. The van der Waals surface area contributed by atoms with E-state index >= 15 is 0 Å². The molecule has 0 amide bonds. The number of hydrogen-bond donors (Lipinski definition) is 1. The number of benzene rings is 1. The van der Waals surface area contributed by atoms with E-state index in [-0.39, 0.29) is 10.7 Å². The highest BCUT2D eigenvalue weighted by molar-refractivity contribution is 6.33. The molecular weight excluding hydrogens is 242 g/mol. The van der Waals surface area contributed by atoms with Gasteiger partial charge in [-0.2, -0.15) is 0 Å². The van der Waals surface area contributed by atoms with Crippen LogP contribution in [0, 0.1) is 10.1 Å². The van der Waals surface area contributed by atoms with Gasteiger partial charge in [0.2, 0.25) is 0 Å². The molecule has 0 unspecified atom stereocenters. The van der Waals surface area contributed by atoms with Gasteiger partial charge in [-0.3, -0.25) is 10.1 Å². The van der Waals surface area contributed by atoms with E-state index in [1.807, 2.05) is 5.01 Å². The van der Waals surface area contributed by atoms with Gasteiger partial charge in [-0.1, -0.05) is 24.1 Å². The molecule has 17 heavy (non-hydrogen) atoms. The zero-order valence-corrected chi connectivity index (χ0v) is 10.1. The quantitative estimate of drug-likeness (QED) is 0.666. The molecule has 1 N–H and O–H groups in total. The Morgan fingerprint density at radius 3 is 2.65 bits per heavy atom. The molecular formula is C11H14ClN3O2. The zero-order chi connectivity index (χ0) is 12.3. The van der Waals surface area contributed by atoms with Crippen LogP contribution < -0.4 is 5.43 Å². The van der Waals surface area contributed by atoms with E-state index in [2.05, 4.69) is 5.43 Å². The van der Waals surface area contributed by atoms with Crippen molar-refractivity contribution in [2.45, 2.75) is 19.3 Å². The Bertz CT molecular complexity index is 419. The Labute approximate surface area is 104 Å². The SMILES string of the molecule is O=[N+]([O-])c1c(Cl)cccc1NN1CCCCC1. The average Bonchev–Trinajstić information content (AvgIpc) is 2.30. The van der Waals surface area contributed by atoms with Crippen LogP contribution in [-0.4, -0.2) is 23.0 Å². The Morgan fingerprint density at radius 1 is 1.29 bits per heavy atom. The maximum absolute atomic E-state index is 10.9. The highest BCUT2D eigenvalue weighted by Crippen LogP contribution is 2.32. The molecule has 6 heteroatoms. The van der Waals surface area contributed by atoms with Crippen molar-refractivity contribution < 1.29 is 4.92 Å². The molecule has 1 aromatic rings. The molecule has 0 aliphatic carbocycles. The van der Waals surface area contributed by atoms with E-state index in [4.69, 9.17) is 11.6 Å². The van der Waals surface area contributed by atoms with Crippen LogP contribution in [0.5, 0.6) is 0 Å². The second-order valence-electron chi connectivity index (χ2n) is 4.05. The largest absolute Gasteiger partial charge is 0.313 e. The van der Waals surface area contributed by atoms with Crippen molar-refractivity contribution in [2.75, 3.05) is 18.5 Å². The van der Waals surface area contributed by atoms with E-state index in [1.54, 1.807) is 12.1 Å². The van der Waals surface area contributed by atoms with Gasteiger partial charge in [-0.15, -0.1) is 0 Å². The molecule has 1 heterocycles. The van der Waals surface area contributed by atoms with Crippen molar-refractivity contribution in [1.82, 2.24) is 5.01 Å². The second kappa shape index (κ2) is 5.33. The van der Waals surface area contributed by atoms with Gasteiger partial charge in [-0.25, -0.2) is 5.01 Å². The summed E-state index contributed by atoms with van der Waals surface area (Å²) >= 11 is 5.84. The standard InChI is InChI=1S/C11H14ClN3O2/c12-9-5-4-6-10(11(9)15(16)17)13-14-7-2-1-3-8-14/h4-6,13H,1-3,7-8H2. The number of nitro groups is 1. The molecule has 0 radical (unpaired) electrons. The Morgan fingerprint density at radius 2 is 2.00 bits per heavy atom. The number of hydrazine groups is 1. The topological polar surface area (TPSA) is 58.4 Å². The summed E-state index contributed by atoms with van der Waals surface area (Å²) in [5.74, 6) is 0. The van der Waals surface area contributed by atoms with E-state index in [9.17, 15) is 10.1 Å². The third-order valence-corrected chi connectivity index (χ3v) is 3.11. The fraction of sp³-hybridized carbons (Fsp3) is 0.455.